The average Bonchev–Trinajstić information content (AvgIpc) is 2.69. The van der Waals surface area contributed by atoms with Crippen molar-refractivity contribution in [3.8, 4) is 0 Å². The first-order chi connectivity index (χ1) is 6.97. The standard InChI is InChI=1S/C10H17N3OS/c1-4-7(11)8(14)13-10(2,3)9-12-5-6-15-9/h5-7H,4,11H2,1-3H3,(H,13,14). The number of carbonyl (C=O) groups excluding carboxylic acids is 1. The van der Waals surface area contributed by atoms with E-state index in [2.05, 4.69) is 10.3 Å². The molecular formula is C10H17N3OS. The third-order valence-corrected chi connectivity index (χ3v) is 3.28. The summed E-state index contributed by atoms with van der Waals surface area (Å²) in [5.41, 5.74) is 5.20. The zero-order valence-corrected chi connectivity index (χ0v) is 10.1. The van der Waals surface area contributed by atoms with Gasteiger partial charge in [-0.2, -0.15) is 0 Å². The third kappa shape index (κ3) is 3.00. The van der Waals surface area contributed by atoms with Crippen LogP contribution in [0.2, 0.25) is 0 Å². The SMILES string of the molecule is CCC(N)C(=O)NC(C)(C)c1nccs1. The molecule has 0 saturated heterocycles. The van der Waals surface area contributed by atoms with E-state index in [1.165, 1.54) is 11.3 Å². The van der Waals surface area contributed by atoms with Crippen LogP contribution in [0.1, 0.15) is 32.2 Å². The number of rotatable bonds is 4. The number of hydrogen-bond acceptors (Lipinski definition) is 4. The molecule has 3 N–H and O–H groups in total. The van der Waals surface area contributed by atoms with Gasteiger partial charge in [0.1, 0.15) is 5.01 Å². The van der Waals surface area contributed by atoms with Crippen LogP contribution in [0.3, 0.4) is 0 Å². The predicted molar refractivity (Wildman–Crippen MR) is 61.5 cm³/mol. The lowest BCUT2D eigenvalue weighted by Gasteiger charge is -2.25. The number of nitrogens with two attached hydrogens (primary N) is 1. The van der Waals surface area contributed by atoms with Crippen LogP contribution in [-0.4, -0.2) is 16.9 Å². The van der Waals surface area contributed by atoms with Gasteiger partial charge in [0.05, 0.1) is 11.6 Å². The second kappa shape index (κ2) is 4.72. The summed E-state index contributed by atoms with van der Waals surface area (Å²) < 4.78 is 0. The fraction of sp³-hybridized carbons (Fsp3) is 0.600. The summed E-state index contributed by atoms with van der Waals surface area (Å²) in [7, 11) is 0. The van der Waals surface area contributed by atoms with E-state index in [9.17, 15) is 4.79 Å². The minimum atomic E-state index is -0.446. The topological polar surface area (TPSA) is 68.0 Å². The summed E-state index contributed by atoms with van der Waals surface area (Å²) >= 11 is 1.52. The van der Waals surface area contributed by atoms with Crippen LogP contribution in [0.25, 0.3) is 0 Å². The van der Waals surface area contributed by atoms with Crippen molar-refractivity contribution in [1.82, 2.24) is 10.3 Å². The molecule has 84 valence electrons. The smallest absolute Gasteiger partial charge is 0.237 e. The monoisotopic (exact) mass is 227 g/mol. The van der Waals surface area contributed by atoms with Crippen molar-refractivity contribution >= 4 is 17.2 Å². The maximum absolute atomic E-state index is 11.6. The molecule has 1 atom stereocenters. The van der Waals surface area contributed by atoms with Crippen molar-refractivity contribution in [2.45, 2.75) is 38.8 Å². The molecule has 0 aliphatic heterocycles. The Kier molecular flexibility index (Phi) is 3.82. The van der Waals surface area contributed by atoms with Gasteiger partial charge in [-0.3, -0.25) is 4.79 Å². The van der Waals surface area contributed by atoms with E-state index < -0.39 is 11.6 Å². The number of nitrogens with zero attached hydrogens (tertiary/aromatic N) is 1. The highest BCUT2D eigenvalue weighted by Gasteiger charge is 2.27. The van der Waals surface area contributed by atoms with E-state index in [-0.39, 0.29) is 5.91 Å². The Labute approximate surface area is 93.9 Å². The summed E-state index contributed by atoms with van der Waals surface area (Å²) in [6.45, 7) is 5.73. The molecule has 0 fully saturated rings. The Balaban J connectivity index is 2.69. The summed E-state index contributed by atoms with van der Waals surface area (Å²) in [5.74, 6) is -0.127. The molecule has 0 saturated carbocycles. The van der Waals surface area contributed by atoms with Gasteiger partial charge >= 0.3 is 0 Å². The van der Waals surface area contributed by atoms with Gasteiger partial charge in [-0.1, -0.05) is 6.92 Å². The van der Waals surface area contributed by atoms with Crippen LogP contribution in [0, 0.1) is 0 Å². The molecule has 0 spiro atoms. The maximum atomic E-state index is 11.6. The van der Waals surface area contributed by atoms with Crippen LogP contribution in [0.5, 0.6) is 0 Å². The fourth-order valence-corrected chi connectivity index (χ4v) is 1.89. The lowest BCUT2D eigenvalue weighted by Crippen LogP contribution is -2.48. The Morgan fingerprint density at radius 2 is 2.40 bits per heavy atom. The molecule has 15 heavy (non-hydrogen) atoms. The number of nitrogens with one attached hydrogen (secondary N) is 1. The van der Waals surface area contributed by atoms with Gasteiger partial charge in [0.2, 0.25) is 5.91 Å². The first-order valence-electron chi connectivity index (χ1n) is 4.95. The molecule has 0 aromatic carbocycles. The largest absolute Gasteiger partial charge is 0.343 e. The summed E-state index contributed by atoms with van der Waals surface area (Å²) in [6, 6.07) is -0.441. The fourth-order valence-electron chi connectivity index (χ4n) is 1.17. The van der Waals surface area contributed by atoms with E-state index in [0.717, 1.165) is 5.01 Å². The summed E-state index contributed by atoms with van der Waals surface area (Å²) in [6.07, 6.45) is 2.37. The number of carbonyl (C=O) groups is 1. The quantitative estimate of drug-likeness (QED) is 0.813. The molecule has 1 aromatic heterocycles. The van der Waals surface area contributed by atoms with Gasteiger partial charge < -0.3 is 11.1 Å². The highest BCUT2D eigenvalue weighted by atomic mass is 32.1. The molecule has 0 aliphatic carbocycles. The summed E-state index contributed by atoms with van der Waals surface area (Å²) in [4.78, 5) is 15.8. The van der Waals surface area contributed by atoms with Crippen molar-refractivity contribution in [2.24, 2.45) is 5.73 Å². The van der Waals surface area contributed by atoms with Gasteiger partial charge in [0.25, 0.3) is 0 Å². The van der Waals surface area contributed by atoms with Crippen molar-refractivity contribution < 1.29 is 4.79 Å². The molecule has 5 heteroatoms. The van der Waals surface area contributed by atoms with E-state index in [0.29, 0.717) is 6.42 Å². The van der Waals surface area contributed by atoms with E-state index in [1.807, 2.05) is 26.2 Å². The predicted octanol–water partition coefficient (Wildman–Crippen LogP) is 1.23. The molecule has 1 amide bonds. The second-order valence-corrected chi connectivity index (χ2v) is 4.86. The maximum Gasteiger partial charge on any atom is 0.237 e. The zero-order valence-electron chi connectivity index (χ0n) is 9.28. The van der Waals surface area contributed by atoms with Gasteiger partial charge in [-0.05, 0) is 20.3 Å². The highest BCUT2D eigenvalue weighted by Crippen LogP contribution is 2.21. The van der Waals surface area contributed by atoms with Crippen LogP contribution < -0.4 is 11.1 Å². The first kappa shape index (κ1) is 12.1. The van der Waals surface area contributed by atoms with Gasteiger partial charge in [-0.15, -0.1) is 11.3 Å². The van der Waals surface area contributed by atoms with Crippen LogP contribution >= 0.6 is 11.3 Å². The first-order valence-corrected chi connectivity index (χ1v) is 5.83. The third-order valence-electron chi connectivity index (χ3n) is 2.18. The Hall–Kier alpha value is -0.940. The molecule has 0 radical (unpaired) electrons. The van der Waals surface area contributed by atoms with Crippen molar-refractivity contribution in [3.05, 3.63) is 16.6 Å². The minimum absolute atomic E-state index is 0.127. The molecule has 0 bridgehead atoms. The number of aromatic nitrogens is 1. The van der Waals surface area contributed by atoms with E-state index >= 15 is 0 Å². The van der Waals surface area contributed by atoms with E-state index in [1.54, 1.807) is 6.20 Å². The molecule has 1 rings (SSSR count). The Morgan fingerprint density at radius 1 is 1.73 bits per heavy atom. The second-order valence-electron chi connectivity index (χ2n) is 3.97. The molecule has 0 aliphatic rings. The molecule has 1 aromatic rings. The average molecular weight is 227 g/mol. The van der Waals surface area contributed by atoms with Crippen LogP contribution in [0.4, 0.5) is 0 Å². The van der Waals surface area contributed by atoms with Crippen LogP contribution in [-0.2, 0) is 10.3 Å². The van der Waals surface area contributed by atoms with Gasteiger partial charge in [0.15, 0.2) is 0 Å². The Bertz CT molecular complexity index is 321. The molecule has 1 unspecified atom stereocenters. The van der Waals surface area contributed by atoms with Crippen molar-refractivity contribution in [2.75, 3.05) is 0 Å². The number of thiazole rings is 1. The number of amides is 1. The lowest BCUT2D eigenvalue weighted by atomic mass is 10.1. The lowest BCUT2D eigenvalue weighted by molar-refractivity contribution is -0.124. The van der Waals surface area contributed by atoms with Crippen LogP contribution in [0.15, 0.2) is 11.6 Å². The zero-order chi connectivity index (χ0) is 11.5. The van der Waals surface area contributed by atoms with E-state index in [4.69, 9.17) is 5.73 Å². The minimum Gasteiger partial charge on any atom is -0.343 e. The molecule has 4 nitrogen and oxygen atoms in total. The molecular weight excluding hydrogens is 210 g/mol. The Morgan fingerprint density at radius 3 is 2.87 bits per heavy atom. The van der Waals surface area contributed by atoms with Crippen molar-refractivity contribution in [3.63, 3.8) is 0 Å². The molecule has 1 heterocycles. The van der Waals surface area contributed by atoms with Gasteiger partial charge in [-0.25, -0.2) is 4.98 Å². The van der Waals surface area contributed by atoms with Crippen molar-refractivity contribution in [1.29, 1.82) is 0 Å². The van der Waals surface area contributed by atoms with Gasteiger partial charge in [0, 0.05) is 11.6 Å². The summed E-state index contributed by atoms with van der Waals surface area (Å²) in [5, 5.41) is 5.67. The highest BCUT2D eigenvalue weighted by molar-refractivity contribution is 7.09. The number of hydrogen-bond donors (Lipinski definition) is 2. The normalized spacial score (nSPS) is 13.6.